The van der Waals surface area contributed by atoms with Crippen LogP contribution in [0.15, 0.2) is 48.5 Å². The lowest BCUT2D eigenvalue weighted by Gasteiger charge is -2.12. The maximum Gasteiger partial charge on any atom is 0.147 e. The van der Waals surface area contributed by atoms with Crippen molar-refractivity contribution in [2.75, 3.05) is 18.6 Å². The fourth-order valence-corrected chi connectivity index (χ4v) is 2.96. The molecule has 0 amide bonds. The van der Waals surface area contributed by atoms with Crippen LogP contribution in [0.25, 0.3) is 11.1 Å². The SMILES string of the molecule is CS(=O)(=O)CCCOc1ccccc1-c1cccc(CCl)c1. The minimum Gasteiger partial charge on any atom is -0.493 e. The Hall–Kier alpha value is -1.52. The van der Waals surface area contributed by atoms with Crippen molar-refractivity contribution in [3.63, 3.8) is 0 Å². The molecule has 5 heteroatoms. The van der Waals surface area contributed by atoms with E-state index in [1.165, 1.54) is 6.26 Å². The highest BCUT2D eigenvalue weighted by Crippen LogP contribution is 2.30. The topological polar surface area (TPSA) is 43.4 Å². The van der Waals surface area contributed by atoms with Gasteiger partial charge in [0.25, 0.3) is 0 Å². The van der Waals surface area contributed by atoms with E-state index >= 15 is 0 Å². The molecule has 0 radical (unpaired) electrons. The minimum absolute atomic E-state index is 0.136. The Kier molecular flexibility index (Phi) is 5.86. The van der Waals surface area contributed by atoms with Crippen LogP contribution in [0.1, 0.15) is 12.0 Å². The summed E-state index contributed by atoms with van der Waals surface area (Å²) < 4.78 is 28.0. The van der Waals surface area contributed by atoms with Crippen molar-refractivity contribution in [1.82, 2.24) is 0 Å². The van der Waals surface area contributed by atoms with Gasteiger partial charge < -0.3 is 4.74 Å². The van der Waals surface area contributed by atoms with Crippen molar-refractivity contribution < 1.29 is 13.2 Å². The second-order valence-corrected chi connectivity index (χ2v) is 7.69. The number of para-hydroxylation sites is 1. The van der Waals surface area contributed by atoms with Gasteiger partial charge in [0.05, 0.1) is 12.4 Å². The van der Waals surface area contributed by atoms with Gasteiger partial charge in [-0.3, -0.25) is 0 Å². The van der Waals surface area contributed by atoms with Gasteiger partial charge in [0.2, 0.25) is 0 Å². The predicted molar refractivity (Wildman–Crippen MR) is 91.3 cm³/mol. The number of hydrogen-bond donors (Lipinski definition) is 0. The molecule has 0 saturated heterocycles. The van der Waals surface area contributed by atoms with Crippen molar-refractivity contribution in [2.24, 2.45) is 0 Å². The van der Waals surface area contributed by atoms with Crippen LogP contribution in [0.5, 0.6) is 5.75 Å². The summed E-state index contributed by atoms with van der Waals surface area (Å²) >= 11 is 5.88. The van der Waals surface area contributed by atoms with Gasteiger partial charge in [0.15, 0.2) is 0 Å². The van der Waals surface area contributed by atoms with E-state index in [4.69, 9.17) is 16.3 Å². The molecule has 0 saturated carbocycles. The number of rotatable bonds is 7. The van der Waals surface area contributed by atoms with Crippen molar-refractivity contribution in [3.05, 3.63) is 54.1 Å². The molecular formula is C17H19ClO3S. The Balaban J connectivity index is 2.13. The second kappa shape index (κ2) is 7.65. The molecule has 0 heterocycles. The Labute approximate surface area is 136 Å². The average Bonchev–Trinajstić information content (AvgIpc) is 2.51. The highest BCUT2D eigenvalue weighted by molar-refractivity contribution is 7.90. The van der Waals surface area contributed by atoms with Crippen LogP contribution >= 0.6 is 11.6 Å². The lowest BCUT2D eigenvalue weighted by atomic mass is 10.0. The van der Waals surface area contributed by atoms with Crippen molar-refractivity contribution in [1.29, 1.82) is 0 Å². The lowest BCUT2D eigenvalue weighted by Crippen LogP contribution is -2.08. The third-order valence-corrected chi connectivity index (χ3v) is 4.54. The summed E-state index contributed by atoms with van der Waals surface area (Å²) in [7, 11) is -2.94. The van der Waals surface area contributed by atoms with Gasteiger partial charge in [-0.15, -0.1) is 11.6 Å². The van der Waals surface area contributed by atoms with Gasteiger partial charge in [-0.2, -0.15) is 0 Å². The summed E-state index contributed by atoms with van der Waals surface area (Å²) in [6, 6.07) is 15.7. The van der Waals surface area contributed by atoms with Gasteiger partial charge in [0.1, 0.15) is 15.6 Å². The van der Waals surface area contributed by atoms with E-state index in [-0.39, 0.29) is 5.75 Å². The van der Waals surface area contributed by atoms with E-state index in [1.807, 2.05) is 48.5 Å². The van der Waals surface area contributed by atoms with Crippen LogP contribution in [0.3, 0.4) is 0 Å². The first-order valence-electron chi connectivity index (χ1n) is 7.04. The molecule has 0 fully saturated rings. The van der Waals surface area contributed by atoms with Gasteiger partial charge >= 0.3 is 0 Å². The first-order chi connectivity index (χ1) is 10.5. The quantitative estimate of drug-likeness (QED) is 0.568. The van der Waals surface area contributed by atoms with Gasteiger partial charge in [-0.1, -0.05) is 36.4 Å². The van der Waals surface area contributed by atoms with Crippen LogP contribution in [-0.4, -0.2) is 27.0 Å². The second-order valence-electron chi connectivity index (χ2n) is 5.16. The summed E-state index contributed by atoms with van der Waals surface area (Å²) in [6.45, 7) is 0.374. The van der Waals surface area contributed by atoms with Crippen molar-refractivity contribution >= 4 is 21.4 Å². The molecule has 2 rings (SSSR count). The number of ether oxygens (including phenoxy) is 1. The van der Waals surface area contributed by atoms with Crippen LogP contribution in [0.2, 0.25) is 0 Å². The fraction of sp³-hybridized carbons (Fsp3) is 0.294. The average molecular weight is 339 g/mol. The molecule has 2 aromatic rings. The molecule has 0 unspecified atom stereocenters. The number of sulfone groups is 1. The third kappa shape index (κ3) is 5.04. The summed E-state index contributed by atoms with van der Waals surface area (Å²) in [5.41, 5.74) is 3.07. The van der Waals surface area contributed by atoms with E-state index in [1.54, 1.807) is 0 Å². The predicted octanol–water partition coefficient (Wildman–Crippen LogP) is 3.91. The summed E-state index contributed by atoms with van der Waals surface area (Å²) in [5, 5.41) is 0. The molecule has 0 atom stereocenters. The highest BCUT2D eigenvalue weighted by atomic mass is 35.5. The normalized spacial score (nSPS) is 11.4. The largest absolute Gasteiger partial charge is 0.493 e. The highest BCUT2D eigenvalue weighted by Gasteiger charge is 2.07. The molecule has 0 aliphatic rings. The molecule has 22 heavy (non-hydrogen) atoms. The molecule has 0 bridgehead atoms. The van der Waals surface area contributed by atoms with E-state index in [2.05, 4.69) is 0 Å². The van der Waals surface area contributed by atoms with Crippen LogP contribution in [0.4, 0.5) is 0 Å². The lowest BCUT2D eigenvalue weighted by molar-refractivity contribution is 0.319. The standard InChI is InChI=1S/C17H19ClO3S/c1-22(19,20)11-5-10-21-17-9-3-2-8-16(17)15-7-4-6-14(12-15)13-18/h2-4,6-9,12H,5,10-11,13H2,1H3. The smallest absolute Gasteiger partial charge is 0.147 e. The minimum atomic E-state index is -2.94. The Morgan fingerprint density at radius 1 is 1.09 bits per heavy atom. The van der Waals surface area contributed by atoms with Crippen molar-refractivity contribution in [3.8, 4) is 16.9 Å². The molecule has 0 aromatic heterocycles. The zero-order valence-electron chi connectivity index (χ0n) is 12.5. The monoisotopic (exact) mass is 338 g/mol. The first-order valence-corrected chi connectivity index (χ1v) is 9.64. The first kappa shape index (κ1) is 16.8. The summed E-state index contributed by atoms with van der Waals surface area (Å²) in [4.78, 5) is 0. The van der Waals surface area contributed by atoms with Gasteiger partial charge in [-0.25, -0.2) is 8.42 Å². The summed E-state index contributed by atoms with van der Waals surface area (Å²) in [6.07, 6.45) is 1.72. The molecule has 0 spiro atoms. The van der Waals surface area contributed by atoms with E-state index in [9.17, 15) is 8.42 Å². The molecule has 118 valence electrons. The Bertz CT molecular complexity index is 726. The molecule has 0 aliphatic heterocycles. The Morgan fingerprint density at radius 3 is 2.59 bits per heavy atom. The van der Waals surface area contributed by atoms with Crippen LogP contribution < -0.4 is 4.74 Å². The number of halogens is 1. The number of alkyl halides is 1. The number of benzene rings is 2. The van der Waals surface area contributed by atoms with E-state index in [0.717, 1.165) is 22.4 Å². The van der Waals surface area contributed by atoms with Crippen molar-refractivity contribution in [2.45, 2.75) is 12.3 Å². The van der Waals surface area contributed by atoms with Crippen LogP contribution in [-0.2, 0) is 15.7 Å². The maximum atomic E-state index is 11.1. The van der Waals surface area contributed by atoms with Crippen LogP contribution in [0, 0.1) is 0 Å². The number of hydrogen-bond acceptors (Lipinski definition) is 3. The molecule has 3 nitrogen and oxygen atoms in total. The van der Waals surface area contributed by atoms with E-state index < -0.39 is 9.84 Å². The fourth-order valence-electron chi connectivity index (χ4n) is 2.16. The molecule has 0 N–H and O–H groups in total. The molecule has 2 aromatic carbocycles. The Morgan fingerprint density at radius 2 is 1.86 bits per heavy atom. The summed E-state index contributed by atoms with van der Waals surface area (Å²) in [5.74, 6) is 1.35. The maximum absolute atomic E-state index is 11.1. The zero-order valence-corrected chi connectivity index (χ0v) is 14.0. The van der Waals surface area contributed by atoms with Gasteiger partial charge in [-0.05, 0) is 29.7 Å². The molecular weight excluding hydrogens is 320 g/mol. The van der Waals surface area contributed by atoms with E-state index in [0.29, 0.717) is 18.9 Å². The van der Waals surface area contributed by atoms with Gasteiger partial charge in [0, 0.05) is 17.7 Å². The third-order valence-electron chi connectivity index (χ3n) is 3.20. The molecule has 0 aliphatic carbocycles. The zero-order chi connectivity index (χ0) is 16.0.